The highest BCUT2D eigenvalue weighted by molar-refractivity contribution is 9.09. The maximum atomic E-state index is 12.9. The first-order chi connectivity index (χ1) is 8.45. The summed E-state index contributed by atoms with van der Waals surface area (Å²) in [6.07, 6.45) is 0.586. The highest BCUT2D eigenvalue weighted by Crippen LogP contribution is 2.11. The number of rotatable bonds is 7. The molecule has 0 aliphatic heterocycles. The lowest BCUT2D eigenvalue weighted by Crippen LogP contribution is -2.27. The first-order valence-electron chi connectivity index (χ1n) is 5.34. The van der Waals surface area contributed by atoms with E-state index in [4.69, 9.17) is 4.74 Å². The van der Waals surface area contributed by atoms with Crippen molar-refractivity contribution in [3.63, 3.8) is 0 Å². The number of sulfonamides is 1. The summed E-state index contributed by atoms with van der Waals surface area (Å²) in [5.41, 5.74) is 0. The predicted octanol–water partition coefficient (Wildman–Crippen LogP) is 1.90. The molecule has 0 aromatic heterocycles. The van der Waals surface area contributed by atoms with E-state index >= 15 is 0 Å². The molecule has 0 saturated heterocycles. The van der Waals surface area contributed by atoms with Gasteiger partial charge in [-0.05, 0) is 24.6 Å². The second-order valence-electron chi connectivity index (χ2n) is 3.70. The number of hydrogen-bond acceptors (Lipinski definition) is 3. The molecule has 7 heteroatoms. The van der Waals surface area contributed by atoms with Gasteiger partial charge >= 0.3 is 0 Å². The van der Waals surface area contributed by atoms with Crippen LogP contribution in [0.4, 0.5) is 4.39 Å². The molecule has 1 atom stereocenters. The SMILES string of the molecule is COCC(Br)CCNS(=O)(=O)c1cccc(F)c1. The van der Waals surface area contributed by atoms with Gasteiger partial charge in [0.15, 0.2) is 0 Å². The van der Waals surface area contributed by atoms with Gasteiger partial charge in [0, 0.05) is 18.5 Å². The minimum Gasteiger partial charge on any atom is -0.384 e. The molecule has 0 amide bonds. The largest absolute Gasteiger partial charge is 0.384 e. The third kappa shape index (κ3) is 5.01. The molecule has 1 unspecified atom stereocenters. The van der Waals surface area contributed by atoms with Crippen LogP contribution in [0.1, 0.15) is 6.42 Å². The number of ether oxygens (including phenoxy) is 1. The van der Waals surface area contributed by atoms with E-state index in [9.17, 15) is 12.8 Å². The van der Waals surface area contributed by atoms with E-state index in [1.54, 1.807) is 7.11 Å². The van der Waals surface area contributed by atoms with Crippen LogP contribution in [0.25, 0.3) is 0 Å². The van der Waals surface area contributed by atoms with Gasteiger partial charge in [0.25, 0.3) is 0 Å². The predicted molar refractivity (Wildman–Crippen MR) is 70.8 cm³/mol. The van der Waals surface area contributed by atoms with Gasteiger partial charge in [-0.3, -0.25) is 0 Å². The quantitative estimate of drug-likeness (QED) is 0.772. The summed E-state index contributed by atoms with van der Waals surface area (Å²) >= 11 is 3.35. The summed E-state index contributed by atoms with van der Waals surface area (Å²) in [7, 11) is -2.07. The van der Waals surface area contributed by atoms with Crippen LogP contribution in [0.2, 0.25) is 0 Å². The Labute approximate surface area is 115 Å². The number of nitrogens with one attached hydrogen (secondary N) is 1. The van der Waals surface area contributed by atoms with E-state index in [0.29, 0.717) is 13.0 Å². The molecule has 0 fully saturated rings. The standard InChI is InChI=1S/C11H15BrFNO3S/c1-17-8-9(12)5-6-14-18(15,16)11-4-2-3-10(13)7-11/h2-4,7,9,14H,5-6,8H2,1H3. The van der Waals surface area contributed by atoms with E-state index in [0.717, 1.165) is 6.07 Å². The van der Waals surface area contributed by atoms with Gasteiger partial charge in [0.2, 0.25) is 10.0 Å². The van der Waals surface area contributed by atoms with Crippen molar-refractivity contribution in [2.75, 3.05) is 20.3 Å². The van der Waals surface area contributed by atoms with Crippen molar-refractivity contribution in [2.24, 2.45) is 0 Å². The van der Waals surface area contributed by atoms with Crippen LogP contribution in [0, 0.1) is 5.82 Å². The Hall–Kier alpha value is -0.500. The molecular weight excluding hydrogens is 325 g/mol. The van der Waals surface area contributed by atoms with Crippen LogP contribution >= 0.6 is 15.9 Å². The highest BCUT2D eigenvalue weighted by atomic mass is 79.9. The Kier molecular flexibility index (Phi) is 6.20. The van der Waals surface area contributed by atoms with Gasteiger partial charge in [-0.2, -0.15) is 0 Å². The van der Waals surface area contributed by atoms with Crippen molar-refractivity contribution in [2.45, 2.75) is 16.1 Å². The highest BCUT2D eigenvalue weighted by Gasteiger charge is 2.14. The average Bonchev–Trinajstić information content (AvgIpc) is 2.29. The molecule has 0 heterocycles. The number of hydrogen-bond donors (Lipinski definition) is 1. The number of methoxy groups -OCH3 is 1. The Morgan fingerprint density at radius 3 is 2.83 bits per heavy atom. The Balaban J connectivity index is 2.55. The molecule has 0 radical (unpaired) electrons. The summed E-state index contributed by atoms with van der Waals surface area (Å²) in [5.74, 6) is -0.573. The Morgan fingerprint density at radius 1 is 1.50 bits per heavy atom. The smallest absolute Gasteiger partial charge is 0.240 e. The van der Waals surface area contributed by atoms with Crippen LogP contribution in [0.5, 0.6) is 0 Å². The van der Waals surface area contributed by atoms with Crippen LogP contribution in [-0.4, -0.2) is 33.5 Å². The van der Waals surface area contributed by atoms with Crippen LogP contribution in [-0.2, 0) is 14.8 Å². The van der Waals surface area contributed by atoms with Gasteiger partial charge in [-0.15, -0.1) is 0 Å². The second kappa shape index (κ2) is 7.18. The van der Waals surface area contributed by atoms with E-state index in [2.05, 4.69) is 20.7 Å². The van der Waals surface area contributed by atoms with E-state index in [-0.39, 0.29) is 16.3 Å². The third-order valence-corrected chi connectivity index (χ3v) is 4.38. The fourth-order valence-corrected chi connectivity index (χ4v) is 2.90. The summed E-state index contributed by atoms with van der Waals surface area (Å²) in [6.45, 7) is 0.764. The zero-order valence-corrected chi connectivity index (χ0v) is 12.3. The maximum absolute atomic E-state index is 12.9. The van der Waals surface area contributed by atoms with Gasteiger partial charge in [-0.25, -0.2) is 17.5 Å². The molecule has 1 aromatic rings. The molecule has 0 spiro atoms. The van der Waals surface area contributed by atoms with Gasteiger partial charge in [0.05, 0.1) is 11.5 Å². The number of halogens is 2. The van der Waals surface area contributed by atoms with Gasteiger partial charge in [0.1, 0.15) is 5.82 Å². The molecule has 18 heavy (non-hydrogen) atoms. The summed E-state index contributed by atoms with van der Waals surface area (Å²) in [4.78, 5) is 0.0121. The summed E-state index contributed by atoms with van der Waals surface area (Å²) in [6, 6.07) is 4.91. The minimum atomic E-state index is -3.65. The molecule has 1 aromatic carbocycles. The van der Waals surface area contributed by atoms with Crippen molar-refractivity contribution in [3.05, 3.63) is 30.1 Å². The molecule has 1 N–H and O–H groups in total. The van der Waals surface area contributed by atoms with Crippen LogP contribution in [0.15, 0.2) is 29.2 Å². The zero-order chi connectivity index (χ0) is 13.6. The van der Waals surface area contributed by atoms with Crippen molar-refractivity contribution >= 4 is 26.0 Å². The maximum Gasteiger partial charge on any atom is 0.240 e. The Bertz CT molecular complexity index is 481. The monoisotopic (exact) mass is 339 g/mol. The molecular formula is C11H15BrFNO3S. The molecule has 1 rings (SSSR count). The summed E-state index contributed by atoms with van der Waals surface area (Å²) in [5, 5.41) is 0. The molecule has 0 aliphatic carbocycles. The third-order valence-electron chi connectivity index (χ3n) is 2.20. The molecule has 4 nitrogen and oxygen atoms in total. The second-order valence-corrected chi connectivity index (χ2v) is 6.76. The first-order valence-corrected chi connectivity index (χ1v) is 7.74. The summed E-state index contributed by atoms with van der Waals surface area (Å²) < 4.78 is 43.9. The van der Waals surface area contributed by atoms with Crippen LogP contribution < -0.4 is 4.72 Å². The lowest BCUT2D eigenvalue weighted by atomic mass is 10.3. The first kappa shape index (κ1) is 15.6. The topological polar surface area (TPSA) is 55.4 Å². The fourth-order valence-electron chi connectivity index (χ4n) is 1.33. The Morgan fingerprint density at radius 2 is 2.22 bits per heavy atom. The van der Waals surface area contributed by atoms with Gasteiger partial charge in [-0.1, -0.05) is 22.0 Å². The van der Waals surface area contributed by atoms with E-state index < -0.39 is 15.8 Å². The number of benzene rings is 1. The molecule has 0 saturated carbocycles. The van der Waals surface area contributed by atoms with Crippen LogP contribution in [0.3, 0.4) is 0 Å². The minimum absolute atomic E-state index is 0.0691. The molecule has 0 bridgehead atoms. The van der Waals surface area contributed by atoms with Gasteiger partial charge < -0.3 is 4.74 Å². The van der Waals surface area contributed by atoms with E-state index in [1.807, 2.05) is 0 Å². The van der Waals surface area contributed by atoms with E-state index in [1.165, 1.54) is 18.2 Å². The molecule has 102 valence electrons. The lowest BCUT2D eigenvalue weighted by Gasteiger charge is -2.10. The number of alkyl halides is 1. The van der Waals surface area contributed by atoms with Crippen molar-refractivity contribution in [1.29, 1.82) is 0 Å². The van der Waals surface area contributed by atoms with Crippen molar-refractivity contribution < 1.29 is 17.5 Å². The average molecular weight is 340 g/mol. The zero-order valence-electron chi connectivity index (χ0n) is 9.90. The van der Waals surface area contributed by atoms with Crippen molar-refractivity contribution in [1.82, 2.24) is 4.72 Å². The lowest BCUT2D eigenvalue weighted by molar-refractivity contribution is 0.199. The fraction of sp³-hybridized carbons (Fsp3) is 0.455. The normalized spacial score (nSPS) is 13.5. The molecule has 0 aliphatic rings. The van der Waals surface area contributed by atoms with Crippen molar-refractivity contribution in [3.8, 4) is 0 Å².